The van der Waals surface area contributed by atoms with E-state index in [1.54, 1.807) is 21.1 Å². The summed E-state index contributed by atoms with van der Waals surface area (Å²) in [6.07, 6.45) is 0. The molecule has 3 heteroatoms. The minimum absolute atomic E-state index is 0.0952. The molecule has 0 radical (unpaired) electrons. The van der Waals surface area contributed by atoms with E-state index in [9.17, 15) is 4.79 Å². The Kier molecular flexibility index (Phi) is 4.32. The number of hydrogen-bond acceptors (Lipinski definition) is 3. The number of benzene rings is 2. The van der Waals surface area contributed by atoms with E-state index in [2.05, 4.69) is 0 Å². The zero-order valence-electron chi connectivity index (χ0n) is 12.8. The van der Waals surface area contributed by atoms with E-state index in [0.29, 0.717) is 0 Å². The number of carbonyl (C=O) groups is 1. The largest absolute Gasteiger partial charge is 0.497 e. The number of rotatable bonds is 5. The molecule has 0 aliphatic heterocycles. The summed E-state index contributed by atoms with van der Waals surface area (Å²) in [5.74, 6) is 1.65. The first-order valence-corrected chi connectivity index (χ1v) is 6.82. The second-order valence-corrected chi connectivity index (χ2v) is 5.14. The number of hydrogen-bond donors (Lipinski definition) is 0. The number of ketones is 1. The Morgan fingerprint density at radius 3 is 1.38 bits per heavy atom. The maximum atomic E-state index is 12.3. The summed E-state index contributed by atoms with van der Waals surface area (Å²) in [5, 5.41) is 0. The van der Waals surface area contributed by atoms with Crippen LogP contribution in [0, 0.1) is 0 Å². The van der Waals surface area contributed by atoms with Crippen LogP contribution in [0.1, 0.15) is 25.0 Å². The van der Waals surface area contributed by atoms with Crippen LogP contribution in [0.3, 0.4) is 0 Å². The van der Waals surface area contributed by atoms with Crippen molar-refractivity contribution in [3.05, 3.63) is 59.7 Å². The summed E-state index contributed by atoms with van der Waals surface area (Å²) >= 11 is 0. The fourth-order valence-corrected chi connectivity index (χ4v) is 2.42. The van der Waals surface area contributed by atoms with E-state index in [1.165, 1.54) is 0 Å². The van der Waals surface area contributed by atoms with Crippen molar-refractivity contribution < 1.29 is 14.3 Å². The van der Waals surface area contributed by atoms with Crippen molar-refractivity contribution in [3.63, 3.8) is 0 Å². The minimum atomic E-state index is -0.682. The SMILES string of the molecule is COc1ccc(C(C)(C(C)=O)c2ccc(OC)cc2)cc1. The summed E-state index contributed by atoms with van der Waals surface area (Å²) < 4.78 is 10.4. The molecule has 0 aliphatic rings. The van der Waals surface area contributed by atoms with Gasteiger partial charge in [-0.1, -0.05) is 24.3 Å². The van der Waals surface area contributed by atoms with Crippen LogP contribution in [0.5, 0.6) is 11.5 Å². The summed E-state index contributed by atoms with van der Waals surface area (Å²) in [5.41, 5.74) is 1.21. The summed E-state index contributed by atoms with van der Waals surface area (Å²) in [6, 6.07) is 15.2. The molecule has 0 atom stereocenters. The zero-order valence-corrected chi connectivity index (χ0v) is 12.8. The number of ether oxygens (including phenoxy) is 2. The highest BCUT2D eigenvalue weighted by atomic mass is 16.5. The number of Topliss-reactive ketones (excluding diaryl/α,β-unsaturated/α-hetero) is 1. The van der Waals surface area contributed by atoms with E-state index in [4.69, 9.17) is 9.47 Å². The second kappa shape index (κ2) is 6.00. The molecule has 0 heterocycles. The van der Waals surface area contributed by atoms with E-state index in [0.717, 1.165) is 22.6 Å². The first kappa shape index (κ1) is 15.1. The van der Waals surface area contributed by atoms with E-state index in [1.807, 2.05) is 55.5 Å². The molecule has 2 rings (SSSR count). The van der Waals surface area contributed by atoms with Gasteiger partial charge >= 0.3 is 0 Å². The van der Waals surface area contributed by atoms with Gasteiger partial charge in [-0.3, -0.25) is 4.79 Å². The van der Waals surface area contributed by atoms with Gasteiger partial charge in [0, 0.05) is 0 Å². The van der Waals surface area contributed by atoms with Crippen LogP contribution in [0.15, 0.2) is 48.5 Å². The lowest BCUT2D eigenvalue weighted by atomic mass is 9.73. The van der Waals surface area contributed by atoms with Crippen LogP contribution in [-0.2, 0) is 10.2 Å². The first-order valence-electron chi connectivity index (χ1n) is 6.82. The summed E-state index contributed by atoms with van der Waals surface area (Å²) in [6.45, 7) is 3.56. The highest BCUT2D eigenvalue weighted by Gasteiger charge is 2.34. The molecule has 0 unspecified atom stereocenters. The quantitative estimate of drug-likeness (QED) is 0.841. The molecule has 0 amide bonds. The molecule has 0 aromatic heterocycles. The smallest absolute Gasteiger partial charge is 0.144 e. The average Bonchev–Trinajstić information content (AvgIpc) is 2.54. The molecule has 0 saturated carbocycles. The predicted molar refractivity (Wildman–Crippen MR) is 83.1 cm³/mol. The van der Waals surface area contributed by atoms with Crippen LogP contribution in [0.2, 0.25) is 0 Å². The van der Waals surface area contributed by atoms with E-state index in [-0.39, 0.29) is 5.78 Å². The van der Waals surface area contributed by atoms with Gasteiger partial charge in [-0.15, -0.1) is 0 Å². The standard InChI is InChI=1S/C18H20O3/c1-13(19)18(2,14-5-9-16(20-3)10-6-14)15-7-11-17(21-4)12-8-15/h5-12H,1-4H3. The molecule has 3 nitrogen and oxygen atoms in total. The van der Waals surface area contributed by atoms with Crippen molar-refractivity contribution in [2.45, 2.75) is 19.3 Å². The van der Waals surface area contributed by atoms with Crippen LogP contribution >= 0.6 is 0 Å². The predicted octanol–water partition coefficient (Wildman–Crippen LogP) is 3.60. The molecular weight excluding hydrogens is 264 g/mol. The molecule has 0 N–H and O–H groups in total. The van der Waals surface area contributed by atoms with Crippen LogP contribution in [0.4, 0.5) is 0 Å². The van der Waals surface area contributed by atoms with Crippen LogP contribution in [0.25, 0.3) is 0 Å². The van der Waals surface area contributed by atoms with Crippen LogP contribution < -0.4 is 9.47 Å². The van der Waals surface area contributed by atoms with Gasteiger partial charge in [0.25, 0.3) is 0 Å². The Labute approximate surface area is 125 Å². The van der Waals surface area contributed by atoms with Crippen molar-refractivity contribution in [2.24, 2.45) is 0 Å². The lowest BCUT2D eigenvalue weighted by molar-refractivity contribution is -0.120. The molecule has 0 aliphatic carbocycles. The fraction of sp³-hybridized carbons (Fsp3) is 0.278. The zero-order chi connectivity index (χ0) is 15.5. The number of methoxy groups -OCH3 is 2. The van der Waals surface area contributed by atoms with Gasteiger partial charge in [0.05, 0.1) is 19.6 Å². The Morgan fingerprint density at radius 2 is 1.14 bits per heavy atom. The third kappa shape index (κ3) is 2.77. The molecular formula is C18H20O3. The van der Waals surface area contributed by atoms with Gasteiger partial charge in [0.15, 0.2) is 0 Å². The van der Waals surface area contributed by atoms with Crippen molar-refractivity contribution in [1.29, 1.82) is 0 Å². The van der Waals surface area contributed by atoms with E-state index < -0.39 is 5.41 Å². The number of carbonyl (C=O) groups excluding carboxylic acids is 1. The third-order valence-electron chi connectivity index (χ3n) is 4.04. The van der Waals surface area contributed by atoms with Crippen molar-refractivity contribution in [3.8, 4) is 11.5 Å². The van der Waals surface area contributed by atoms with Crippen molar-refractivity contribution >= 4 is 5.78 Å². The highest BCUT2D eigenvalue weighted by Crippen LogP contribution is 2.34. The summed E-state index contributed by atoms with van der Waals surface area (Å²) in [7, 11) is 3.26. The van der Waals surface area contributed by atoms with Gasteiger partial charge in [-0.05, 0) is 49.2 Å². The van der Waals surface area contributed by atoms with E-state index >= 15 is 0 Å². The lowest BCUT2D eigenvalue weighted by Gasteiger charge is -2.28. The van der Waals surface area contributed by atoms with Gasteiger partial charge in [0.2, 0.25) is 0 Å². The molecule has 110 valence electrons. The normalized spacial score (nSPS) is 11.0. The Balaban J connectivity index is 2.50. The maximum absolute atomic E-state index is 12.3. The summed E-state index contributed by atoms with van der Waals surface area (Å²) in [4.78, 5) is 12.3. The Hall–Kier alpha value is -2.29. The fourth-order valence-electron chi connectivity index (χ4n) is 2.42. The van der Waals surface area contributed by atoms with Gasteiger partial charge in [0.1, 0.15) is 17.3 Å². The molecule has 0 fully saturated rings. The molecule has 0 spiro atoms. The topological polar surface area (TPSA) is 35.5 Å². The average molecular weight is 284 g/mol. The molecule has 0 bridgehead atoms. The Bertz CT molecular complexity index is 564. The van der Waals surface area contributed by atoms with Gasteiger partial charge in [-0.2, -0.15) is 0 Å². The highest BCUT2D eigenvalue weighted by molar-refractivity contribution is 5.91. The molecule has 2 aromatic rings. The minimum Gasteiger partial charge on any atom is -0.497 e. The van der Waals surface area contributed by atoms with Crippen molar-refractivity contribution in [1.82, 2.24) is 0 Å². The lowest BCUT2D eigenvalue weighted by Crippen LogP contribution is -2.31. The maximum Gasteiger partial charge on any atom is 0.144 e. The monoisotopic (exact) mass is 284 g/mol. The van der Waals surface area contributed by atoms with Gasteiger partial charge < -0.3 is 9.47 Å². The molecule has 21 heavy (non-hydrogen) atoms. The van der Waals surface area contributed by atoms with Crippen molar-refractivity contribution in [2.75, 3.05) is 14.2 Å². The van der Waals surface area contributed by atoms with Gasteiger partial charge in [-0.25, -0.2) is 0 Å². The molecule has 0 saturated heterocycles. The third-order valence-corrected chi connectivity index (χ3v) is 4.04. The second-order valence-electron chi connectivity index (χ2n) is 5.14. The molecule has 2 aromatic carbocycles. The Morgan fingerprint density at radius 1 is 0.810 bits per heavy atom. The first-order chi connectivity index (χ1) is 10.0. The van der Waals surface area contributed by atoms with Crippen LogP contribution in [-0.4, -0.2) is 20.0 Å².